The first-order chi connectivity index (χ1) is 17.5. The minimum atomic E-state index is -4.16. The quantitative estimate of drug-likeness (QED) is 0.186. The van der Waals surface area contributed by atoms with Gasteiger partial charge in [-0.1, -0.05) is 37.8 Å². The van der Waals surface area contributed by atoms with Gasteiger partial charge in [-0.2, -0.15) is 4.31 Å². The molecule has 1 aromatic heterocycles. The van der Waals surface area contributed by atoms with E-state index in [2.05, 4.69) is 29.7 Å². The third kappa shape index (κ3) is 7.51. The molecule has 0 saturated carbocycles. The smallest absolute Gasteiger partial charge is 0.305 e. The maximum absolute atomic E-state index is 13.7. The second-order valence-corrected chi connectivity index (χ2v) is 9.89. The molecule has 2 aromatic rings. The predicted octanol–water partition coefficient (Wildman–Crippen LogP) is 4.50. The Labute approximate surface area is 215 Å². The minimum absolute atomic E-state index is 0.175. The summed E-state index contributed by atoms with van der Waals surface area (Å²) in [6, 6.07) is 5.39. The van der Waals surface area contributed by atoms with Gasteiger partial charge in [-0.25, -0.2) is 22.8 Å². The number of carboxylic acid groups (broad SMARTS) is 1. The molecule has 0 fully saturated rings. The number of hydrogen-bond acceptors (Lipinski definition) is 7. The SMILES string of the molecule is C=CC(C=C)c1nc(N(C=N)S(=O)(=O)C=C)nc(-c2ccc(F)cc2)c1/C=C/[C@@H](C)C[C@@H](O)CC(=O)O. The Bertz CT molecular complexity index is 1300. The molecule has 0 aliphatic carbocycles. The van der Waals surface area contributed by atoms with Gasteiger partial charge in [0, 0.05) is 22.5 Å². The Balaban J connectivity index is 2.80. The molecule has 0 bridgehead atoms. The number of carboxylic acids is 1. The molecule has 37 heavy (non-hydrogen) atoms. The van der Waals surface area contributed by atoms with Gasteiger partial charge < -0.3 is 10.2 Å². The van der Waals surface area contributed by atoms with Gasteiger partial charge in [0.05, 0.1) is 23.9 Å². The number of hydrogen-bond donors (Lipinski definition) is 3. The summed E-state index contributed by atoms with van der Waals surface area (Å²) < 4.78 is 39.3. The van der Waals surface area contributed by atoms with Crippen molar-refractivity contribution in [3.05, 3.63) is 84.7 Å². The van der Waals surface area contributed by atoms with E-state index in [0.717, 1.165) is 0 Å². The number of aromatic nitrogens is 2. The molecule has 2 rings (SSSR count). The highest BCUT2D eigenvalue weighted by molar-refractivity contribution is 7.96. The molecule has 1 aromatic carbocycles. The zero-order valence-electron chi connectivity index (χ0n) is 20.3. The van der Waals surface area contributed by atoms with Crippen molar-refractivity contribution in [3.63, 3.8) is 0 Å². The number of aliphatic carboxylic acids is 1. The van der Waals surface area contributed by atoms with E-state index < -0.39 is 40.3 Å². The van der Waals surface area contributed by atoms with Crippen molar-refractivity contribution in [2.75, 3.05) is 4.31 Å². The molecule has 2 atom stereocenters. The summed E-state index contributed by atoms with van der Waals surface area (Å²) in [7, 11) is -4.16. The molecule has 9 nitrogen and oxygen atoms in total. The monoisotopic (exact) mass is 528 g/mol. The second-order valence-electron chi connectivity index (χ2n) is 8.14. The first-order valence-electron chi connectivity index (χ1n) is 11.2. The van der Waals surface area contributed by atoms with Gasteiger partial charge in [-0.3, -0.25) is 10.2 Å². The van der Waals surface area contributed by atoms with E-state index in [4.69, 9.17) is 10.5 Å². The van der Waals surface area contributed by atoms with Crippen LogP contribution in [0.4, 0.5) is 10.3 Å². The van der Waals surface area contributed by atoms with Crippen molar-refractivity contribution in [1.29, 1.82) is 5.41 Å². The lowest BCUT2D eigenvalue weighted by atomic mass is 9.94. The van der Waals surface area contributed by atoms with Crippen LogP contribution in [0.3, 0.4) is 0 Å². The first kappa shape index (κ1) is 29.3. The zero-order valence-corrected chi connectivity index (χ0v) is 21.1. The van der Waals surface area contributed by atoms with Crippen molar-refractivity contribution in [2.24, 2.45) is 5.92 Å². The molecular weight excluding hydrogens is 499 g/mol. The number of benzene rings is 1. The van der Waals surface area contributed by atoms with Gasteiger partial charge in [-0.05, 0) is 36.6 Å². The topological polar surface area (TPSA) is 145 Å². The molecule has 0 unspecified atom stereocenters. The van der Waals surface area contributed by atoms with E-state index >= 15 is 0 Å². The molecular formula is C26H29FN4O5S. The predicted molar refractivity (Wildman–Crippen MR) is 142 cm³/mol. The highest BCUT2D eigenvalue weighted by atomic mass is 32.2. The molecule has 0 saturated heterocycles. The number of carbonyl (C=O) groups is 1. The Morgan fingerprint density at radius 1 is 1.19 bits per heavy atom. The van der Waals surface area contributed by atoms with Gasteiger partial charge in [-0.15, -0.1) is 13.2 Å². The highest BCUT2D eigenvalue weighted by Gasteiger charge is 2.25. The van der Waals surface area contributed by atoms with E-state index in [9.17, 15) is 22.7 Å². The molecule has 0 amide bonds. The van der Waals surface area contributed by atoms with Crippen LogP contribution < -0.4 is 4.31 Å². The van der Waals surface area contributed by atoms with Gasteiger partial charge >= 0.3 is 5.97 Å². The fourth-order valence-corrected chi connectivity index (χ4v) is 4.13. The Morgan fingerprint density at radius 2 is 1.81 bits per heavy atom. The molecule has 0 spiro atoms. The minimum Gasteiger partial charge on any atom is -0.481 e. The fraction of sp³-hybridized carbons (Fsp3) is 0.231. The molecule has 3 N–H and O–H groups in total. The molecule has 0 aliphatic rings. The largest absolute Gasteiger partial charge is 0.481 e. The lowest BCUT2D eigenvalue weighted by molar-refractivity contribution is -0.139. The number of nitrogens with zero attached hydrogens (tertiary/aromatic N) is 3. The summed E-state index contributed by atoms with van der Waals surface area (Å²) in [5.41, 5.74) is 1.45. The number of aliphatic hydroxyl groups excluding tert-OH is 1. The number of rotatable bonds is 14. The lowest BCUT2D eigenvalue weighted by Crippen LogP contribution is -2.29. The highest BCUT2D eigenvalue weighted by Crippen LogP contribution is 2.33. The standard InChI is InChI=1S/C26H29FN4O5S/c1-5-18(6-2)24-22(13-8-17(4)14-21(32)15-23(33)34)25(19-9-11-20(27)12-10-19)30-26(29-24)31(16-28)37(35,36)7-3/h5-13,16-18,21,28,32H,1-3,14-15H2,4H3,(H,33,34)/b13-8+,28-16?/t17-,21-/m1/s1. The molecule has 0 radical (unpaired) electrons. The van der Waals surface area contributed by atoms with Crippen LogP contribution in [-0.2, 0) is 14.8 Å². The number of halogens is 1. The molecule has 11 heteroatoms. The third-order valence-electron chi connectivity index (χ3n) is 5.35. The second kappa shape index (κ2) is 12.8. The summed E-state index contributed by atoms with van der Waals surface area (Å²) >= 11 is 0. The number of sulfonamides is 1. The number of anilines is 1. The maximum Gasteiger partial charge on any atom is 0.305 e. The fourth-order valence-electron chi connectivity index (χ4n) is 3.52. The molecule has 1 heterocycles. The van der Waals surface area contributed by atoms with E-state index in [-0.39, 0.29) is 24.0 Å². The van der Waals surface area contributed by atoms with E-state index in [1.54, 1.807) is 31.2 Å². The Morgan fingerprint density at radius 3 is 2.32 bits per heavy atom. The van der Waals surface area contributed by atoms with Crippen LogP contribution in [0.1, 0.15) is 36.9 Å². The van der Waals surface area contributed by atoms with Crippen LogP contribution in [0.5, 0.6) is 0 Å². The van der Waals surface area contributed by atoms with Crippen LogP contribution >= 0.6 is 0 Å². The normalized spacial score (nSPS) is 13.2. The van der Waals surface area contributed by atoms with E-state index in [1.807, 2.05) is 0 Å². The van der Waals surface area contributed by atoms with E-state index in [0.29, 0.717) is 32.9 Å². The van der Waals surface area contributed by atoms with Crippen molar-refractivity contribution >= 4 is 34.4 Å². The summed E-state index contributed by atoms with van der Waals surface area (Å²) in [5, 5.41) is 27.2. The molecule has 0 aliphatic heterocycles. The average molecular weight is 529 g/mol. The summed E-state index contributed by atoms with van der Waals surface area (Å²) in [4.78, 5) is 19.7. The van der Waals surface area contributed by atoms with Gasteiger partial charge in [0.15, 0.2) is 0 Å². The third-order valence-corrected chi connectivity index (χ3v) is 6.59. The summed E-state index contributed by atoms with van der Waals surface area (Å²) in [6.07, 6.45) is 5.77. The lowest BCUT2D eigenvalue weighted by Gasteiger charge is -2.21. The van der Waals surface area contributed by atoms with E-state index in [1.165, 1.54) is 24.3 Å². The number of allylic oxidation sites excluding steroid dienone is 3. The first-order valence-corrected chi connectivity index (χ1v) is 12.7. The number of aliphatic hydroxyl groups is 1. The van der Waals surface area contributed by atoms with Crippen LogP contribution in [-0.4, -0.2) is 47.0 Å². The van der Waals surface area contributed by atoms with Crippen molar-refractivity contribution in [1.82, 2.24) is 9.97 Å². The van der Waals surface area contributed by atoms with Crippen LogP contribution in [0.15, 0.2) is 67.6 Å². The molecule has 196 valence electrons. The zero-order chi connectivity index (χ0) is 27.8. The van der Waals surface area contributed by atoms with Crippen LogP contribution in [0.2, 0.25) is 0 Å². The van der Waals surface area contributed by atoms with Gasteiger partial charge in [0.1, 0.15) is 12.2 Å². The van der Waals surface area contributed by atoms with Crippen LogP contribution in [0, 0.1) is 17.1 Å². The summed E-state index contributed by atoms with van der Waals surface area (Å²) in [5.74, 6) is -2.75. The summed E-state index contributed by atoms with van der Waals surface area (Å²) in [6.45, 7) is 12.7. The average Bonchev–Trinajstić information content (AvgIpc) is 2.84. The van der Waals surface area contributed by atoms with Crippen molar-refractivity contribution in [2.45, 2.75) is 31.8 Å². The van der Waals surface area contributed by atoms with Crippen LogP contribution in [0.25, 0.3) is 17.3 Å². The maximum atomic E-state index is 13.7. The van der Waals surface area contributed by atoms with Crippen molar-refractivity contribution < 1.29 is 27.8 Å². The van der Waals surface area contributed by atoms with Gasteiger partial charge in [0.2, 0.25) is 5.95 Å². The Hall–Kier alpha value is -3.96. The van der Waals surface area contributed by atoms with Crippen molar-refractivity contribution in [3.8, 4) is 11.3 Å². The Kier molecular flexibility index (Phi) is 10.2. The van der Waals surface area contributed by atoms with Gasteiger partial charge in [0.25, 0.3) is 10.0 Å². The number of nitrogens with one attached hydrogen (secondary N) is 1.